The number of carbonyl (C=O) groups is 1. The molecule has 2 rings (SSSR count). The molecular weight excluding hydrogens is 278 g/mol. The second kappa shape index (κ2) is 5.61. The van der Waals surface area contributed by atoms with Crippen molar-refractivity contribution in [3.8, 4) is 17.0 Å². The Labute approximate surface area is 119 Å². The molecule has 0 aliphatic carbocycles. The molecule has 0 radical (unpaired) electrons. The van der Waals surface area contributed by atoms with E-state index >= 15 is 0 Å². The number of methoxy groups -OCH3 is 1. The normalized spacial score (nSPS) is 10.4. The van der Waals surface area contributed by atoms with Crippen molar-refractivity contribution in [1.82, 2.24) is 9.78 Å². The van der Waals surface area contributed by atoms with Crippen LogP contribution in [0.25, 0.3) is 11.3 Å². The molecule has 0 unspecified atom stereocenters. The van der Waals surface area contributed by atoms with E-state index < -0.39 is 10.9 Å². The second-order valence-electron chi connectivity index (χ2n) is 4.18. The fraction of sp³-hybridized carbons (Fsp3) is 0.231. The van der Waals surface area contributed by atoms with Crippen LogP contribution in [0.1, 0.15) is 17.4 Å². The van der Waals surface area contributed by atoms with Crippen molar-refractivity contribution < 1.29 is 19.6 Å². The predicted molar refractivity (Wildman–Crippen MR) is 73.5 cm³/mol. The third kappa shape index (κ3) is 2.69. The van der Waals surface area contributed by atoms with Gasteiger partial charge in [-0.15, -0.1) is 0 Å². The van der Waals surface area contributed by atoms with Crippen LogP contribution in [-0.2, 0) is 6.54 Å². The van der Waals surface area contributed by atoms with Gasteiger partial charge in [-0.3, -0.25) is 14.8 Å². The van der Waals surface area contributed by atoms with E-state index in [0.29, 0.717) is 17.8 Å². The minimum Gasteiger partial charge on any atom is -0.490 e. The Morgan fingerprint density at radius 1 is 1.48 bits per heavy atom. The standard InChI is InChI=1S/C13H13N3O5/c1-3-15-11(13(17)18)7-9(14-15)8-4-5-12(21-2)10(6-8)16(19)20/h4-7H,3H2,1-2H3,(H,17,18). The zero-order valence-electron chi connectivity index (χ0n) is 11.4. The quantitative estimate of drug-likeness (QED) is 0.668. The van der Waals surface area contributed by atoms with E-state index in [9.17, 15) is 14.9 Å². The van der Waals surface area contributed by atoms with E-state index in [0.717, 1.165) is 0 Å². The monoisotopic (exact) mass is 291 g/mol. The highest BCUT2D eigenvalue weighted by atomic mass is 16.6. The van der Waals surface area contributed by atoms with Gasteiger partial charge < -0.3 is 9.84 Å². The minimum absolute atomic E-state index is 0.0333. The molecule has 110 valence electrons. The first-order chi connectivity index (χ1) is 9.97. The first kappa shape index (κ1) is 14.5. The Morgan fingerprint density at radius 2 is 2.19 bits per heavy atom. The summed E-state index contributed by atoms with van der Waals surface area (Å²) in [5.41, 5.74) is 0.654. The highest BCUT2D eigenvalue weighted by molar-refractivity contribution is 5.87. The number of carboxylic acid groups (broad SMARTS) is 1. The average Bonchev–Trinajstić information content (AvgIpc) is 2.90. The van der Waals surface area contributed by atoms with Gasteiger partial charge in [-0.05, 0) is 25.1 Å². The van der Waals surface area contributed by atoms with Gasteiger partial charge in [0.05, 0.1) is 17.7 Å². The molecule has 21 heavy (non-hydrogen) atoms. The number of aromatic carboxylic acids is 1. The lowest BCUT2D eigenvalue weighted by molar-refractivity contribution is -0.385. The summed E-state index contributed by atoms with van der Waals surface area (Å²) < 4.78 is 6.25. The van der Waals surface area contributed by atoms with Crippen LogP contribution in [0.15, 0.2) is 24.3 Å². The van der Waals surface area contributed by atoms with Crippen molar-refractivity contribution in [2.75, 3.05) is 7.11 Å². The molecule has 0 saturated carbocycles. The molecule has 0 spiro atoms. The first-order valence-corrected chi connectivity index (χ1v) is 6.11. The van der Waals surface area contributed by atoms with E-state index in [1.54, 1.807) is 13.0 Å². The largest absolute Gasteiger partial charge is 0.490 e. The molecule has 0 saturated heterocycles. The molecule has 8 heteroatoms. The summed E-state index contributed by atoms with van der Waals surface area (Å²) in [4.78, 5) is 21.6. The number of hydrogen-bond acceptors (Lipinski definition) is 5. The van der Waals surface area contributed by atoms with Gasteiger partial charge in [0, 0.05) is 18.2 Å². The number of rotatable bonds is 5. The van der Waals surface area contributed by atoms with Gasteiger partial charge in [0.15, 0.2) is 5.75 Å². The molecule has 0 fully saturated rings. The zero-order valence-corrected chi connectivity index (χ0v) is 11.4. The van der Waals surface area contributed by atoms with Gasteiger partial charge in [-0.2, -0.15) is 5.10 Å². The van der Waals surface area contributed by atoms with Crippen LogP contribution in [0.2, 0.25) is 0 Å². The van der Waals surface area contributed by atoms with Crippen molar-refractivity contribution >= 4 is 11.7 Å². The maximum atomic E-state index is 11.1. The molecule has 0 bridgehead atoms. The summed E-state index contributed by atoms with van der Waals surface area (Å²) in [5, 5.41) is 24.2. The number of nitro groups is 1. The second-order valence-corrected chi connectivity index (χ2v) is 4.18. The topological polar surface area (TPSA) is 107 Å². The minimum atomic E-state index is -1.10. The molecule has 0 amide bonds. The molecule has 0 aliphatic heterocycles. The predicted octanol–water partition coefficient (Wildman–Crippen LogP) is 2.18. The van der Waals surface area contributed by atoms with Crippen LogP contribution in [0, 0.1) is 10.1 Å². The molecule has 1 N–H and O–H groups in total. The Balaban J connectivity index is 2.54. The fourth-order valence-electron chi connectivity index (χ4n) is 1.96. The average molecular weight is 291 g/mol. The number of carboxylic acids is 1. The van der Waals surface area contributed by atoms with Gasteiger partial charge >= 0.3 is 11.7 Å². The number of hydrogen-bond donors (Lipinski definition) is 1. The van der Waals surface area contributed by atoms with E-state index in [2.05, 4.69) is 5.10 Å². The molecule has 1 heterocycles. The van der Waals surface area contributed by atoms with Crippen molar-refractivity contribution in [2.45, 2.75) is 13.5 Å². The van der Waals surface area contributed by atoms with Crippen LogP contribution >= 0.6 is 0 Å². The number of aryl methyl sites for hydroxylation is 1. The summed E-state index contributed by atoms with van der Waals surface area (Å²) in [6, 6.07) is 5.75. The van der Waals surface area contributed by atoms with Crippen molar-refractivity contribution in [3.63, 3.8) is 0 Å². The highest BCUT2D eigenvalue weighted by Crippen LogP contribution is 2.31. The first-order valence-electron chi connectivity index (χ1n) is 6.11. The number of ether oxygens (including phenoxy) is 1. The molecule has 0 atom stereocenters. The maximum Gasteiger partial charge on any atom is 0.354 e. The highest BCUT2D eigenvalue weighted by Gasteiger charge is 2.19. The number of benzene rings is 1. The van der Waals surface area contributed by atoms with E-state index in [-0.39, 0.29) is 17.1 Å². The third-order valence-corrected chi connectivity index (χ3v) is 2.97. The van der Waals surface area contributed by atoms with Gasteiger partial charge in [-0.25, -0.2) is 4.79 Å². The smallest absolute Gasteiger partial charge is 0.354 e. The molecule has 0 aliphatic rings. The van der Waals surface area contributed by atoms with Crippen molar-refractivity contribution in [3.05, 3.63) is 40.1 Å². The van der Waals surface area contributed by atoms with Gasteiger partial charge in [0.25, 0.3) is 0 Å². The van der Waals surface area contributed by atoms with Crippen LogP contribution in [0.3, 0.4) is 0 Å². The van der Waals surface area contributed by atoms with Crippen molar-refractivity contribution in [1.29, 1.82) is 0 Å². The lowest BCUT2D eigenvalue weighted by Gasteiger charge is -2.03. The molecular formula is C13H13N3O5. The molecule has 1 aromatic heterocycles. The number of nitro benzene ring substituents is 1. The van der Waals surface area contributed by atoms with E-state index in [1.807, 2.05) is 0 Å². The lowest BCUT2D eigenvalue weighted by atomic mass is 10.1. The van der Waals surface area contributed by atoms with Gasteiger partial charge in [-0.1, -0.05) is 0 Å². The summed E-state index contributed by atoms with van der Waals surface area (Å²) in [6.45, 7) is 2.15. The van der Waals surface area contributed by atoms with E-state index in [1.165, 1.54) is 30.0 Å². The summed E-state index contributed by atoms with van der Waals surface area (Å²) >= 11 is 0. The Hall–Kier alpha value is -2.90. The number of aromatic nitrogens is 2. The molecule has 8 nitrogen and oxygen atoms in total. The van der Waals surface area contributed by atoms with Crippen LogP contribution in [0.5, 0.6) is 5.75 Å². The third-order valence-electron chi connectivity index (χ3n) is 2.97. The lowest BCUT2D eigenvalue weighted by Crippen LogP contribution is -2.08. The Kier molecular flexibility index (Phi) is 3.88. The van der Waals surface area contributed by atoms with Crippen molar-refractivity contribution in [2.24, 2.45) is 0 Å². The summed E-state index contributed by atoms with van der Waals surface area (Å²) in [6.07, 6.45) is 0. The Morgan fingerprint density at radius 3 is 2.67 bits per heavy atom. The van der Waals surface area contributed by atoms with Gasteiger partial charge in [0.2, 0.25) is 0 Å². The fourth-order valence-corrected chi connectivity index (χ4v) is 1.96. The maximum absolute atomic E-state index is 11.1. The van der Waals surface area contributed by atoms with E-state index in [4.69, 9.17) is 9.84 Å². The molecule has 2 aromatic rings. The SMILES string of the molecule is CCn1nc(-c2ccc(OC)c([N+](=O)[O-])c2)cc1C(=O)O. The molecule has 1 aromatic carbocycles. The summed E-state index contributed by atoms with van der Waals surface area (Å²) in [5.74, 6) is -0.962. The van der Waals surface area contributed by atoms with Crippen LogP contribution in [0.4, 0.5) is 5.69 Å². The zero-order chi connectivity index (χ0) is 15.6. The Bertz CT molecular complexity index is 708. The summed E-state index contributed by atoms with van der Waals surface area (Å²) in [7, 11) is 1.34. The van der Waals surface area contributed by atoms with Gasteiger partial charge in [0.1, 0.15) is 5.69 Å². The van der Waals surface area contributed by atoms with Crippen LogP contribution < -0.4 is 4.74 Å². The van der Waals surface area contributed by atoms with Crippen LogP contribution in [-0.4, -0.2) is 32.9 Å². The number of nitrogens with zero attached hydrogens (tertiary/aromatic N) is 3.